The van der Waals surface area contributed by atoms with Crippen LogP contribution in [0.4, 0.5) is 23.2 Å². The zero-order valence-electron chi connectivity index (χ0n) is 5.59. The molecule has 0 unspecified atom stereocenters. The topological polar surface area (TPSA) is 56.8 Å². The number of imidazole rings is 1. The van der Waals surface area contributed by atoms with Crippen LogP contribution in [0.25, 0.3) is 4.98 Å². The van der Waals surface area contributed by atoms with Crippen LogP contribution in [0.5, 0.6) is 0 Å². The lowest BCUT2D eigenvalue weighted by molar-refractivity contribution is 0.368. The summed E-state index contributed by atoms with van der Waals surface area (Å²) >= 11 is 0. The van der Waals surface area contributed by atoms with Crippen molar-refractivity contribution in [3.05, 3.63) is 17.4 Å². The van der Waals surface area contributed by atoms with E-state index in [9.17, 15) is 17.3 Å². The fourth-order valence-electron chi connectivity index (χ4n) is 0.312. The molecule has 0 aliphatic rings. The van der Waals surface area contributed by atoms with Gasteiger partial charge in [0.1, 0.15) is 6.20 Å². The first kappa shape index (κ1) is 10.4. The van der Waals surface area contributed by atoms with Crippen molar-refractivity contribution in [3.63, 3.8) is 0 Å². The molecule has 12 heavy (non-hydrogen) atoms. The summed E-state index contributed by atoms with van der Waals surface area (Å²) in [5, 5.41) is 7.96. The van der Waals surface area contributed by atoms with Gasteiger partial charge in [0.15, 0.2) is 0 Å². The Balaban J connectivity index is 0.000000217. The van der Waals surface area contributed by atoms with E-state index in [0.717, 1.165) is 0 Å². The van der Waals surface area contributed by atoms with Gasteiger partial charge in [-0.3, -0.25) is 0 Å². The molecule has 0 radical (unpaired) electrons. The highest BCUT2D eigenvalue weighted by Crippen LogP contribution is 2.06. The molecule has 1 rings (SSSR count). The second kappa shape index (κ2) is 4.33. The van der Waals surface area contributed by atoms with E-state index < -0.39 is 7.25 Å². The van der Waals surface area contributed by atoms with Gasteiger partial charge in [-0.05, 0) is 4.98 Å². The normalized spacial score (nSPS) is 9.58. The van der Waals surface area contributed by atoms with Crippen LogP contribution >= 0.6 is 0 Å². The summed E-state index contributed by atoms with van der Waals surface area (Å²) in [6, 6.07) is 0. The minimum absolute atomic E-state index is 0.236. The molecule has 1 heterocycles. The second-order valence-corrected chi connectivity index (χ2v) is 1.51. The van der Waals surface area contributed by atoms with Crippen molar-refractivity contribution in [2.75, 3.05) is 0 Å². The van der Waals surface area contributed by atoms with Crippen LogP contribution < -0.4 is 0 Å². The Hall–Kier alpha value is -1.59. The highest BCUT2D eigenvalue weighted by molar-refractivity contribution is 6.50. The third-order valence-electron chi connectivity index (χ3n) is 0.579. The summed E-state index contributed by atoms with van der Waals surface area (Å²) < 4.78 is 39.0. The monoisotopic (exact) mass is 182 g/mol. The van der Waals surface area contributed by atoms with Gasteiger partial charge in [0.2, 0.25) is 0 Å². The summed E-state index contributed by atoms with van der Waals surface area (Å²) in [5.41, 5.74) is 0. The van der Waals surface area contributed by atoms with Crippen LogP contribution in [0, 0.1) is 5.39 Å². The van der Waals surface area contributed by atoms with Crippen molar-refractivity contribution < 1.29 is 17.3 Å². The first-order valence-corrected chi connectivity index (χ1v) is 2.65. The standard InChI is InChI=1S/C3H3N4.BF4/c4-7-3-5-1-2-6-3;2-1(3,4)5/h1-2H,(H,5,6);/q+1;-1. The molecule has 4 nitrogen and oxygen atoms in total. The van der Waals surface area contributed by atoms with E-state index in [1.165, 1.54) is 6.20 Å². The summed E-state index contributed by atoms with van der Waals surface area (Å²) in [6.45, 7) is 0. The van der Waals surface area contributed by atoms with Crippen LogP contribution in [0.2, 0.25) is 0 Å². The van der Waals surface area contributed by atoms with E-state index in [2.05, 4.69) is 14.9 Å². The number of rotatable bonds is 0. The molecule has 0 saturated heterocycles. The fourth-order valence-corrected chi connectivity index (χ4v) is 0.312. The number of nitrogens with one attached hydrogen (secondary N) is 1. The molecular formula is C3H3BF4N4. The molecule has 0 spiro atoms. The number of hydrogen-bond donors (Lipinski definition) is 1. The van der Waals surface area contributed by atoms with Crippen molar-refractivity contribution >= 4 is 13.2 Å². The number of diazo groups is 1. The second-order valence-electron chi connectivity index (χ2n) is 1.51. The van der Waals surface area contributed by atoms with Crippen LogP contribution in [0.3, 0.4) is 0 Å². The third kappa shape index (κ3) is 8.41. The zero-order chi connectivity index (χ0) is 9.61. The Morgan fingerprint density at radius 1 is 1.42 bits per heavy atom. The van der Waals surface area contributed by atoms with Gasteiger partial charge in [-0.25, -0.2) is 4.98 Å². The summed E-state index contributed by atoms with van der Waals surface area (Å²) in [6.07, 6.45) is 3.09. The number of H-pyrrole nitrogens is 1. The molecule has 9 heteroatoms. The molecule has 1 aromatic heterocycles. The Labute approximate surface area is 64.3 Å². The van der Waals surface area contributed by atoms with Crippen molar-refractivity contribution in [2.24, 2.45) is 0 Å². The highest BCUT2D eigenvalue weighted by Gasteiger charge is 2.20. The van der Waals surface area contributed by atoms with Crippen molar-refractivity contribution in [1.82, 2.24) is 9.97 Å². The maximum atomic E-state index is 9.75. The van der Waals surface area contributed by atoms with Crippen molar-refractivity contribution in [1.29, 1.82) is 5.39 Å². The minimum Gasteiger partial charge on any atom is -0.418 e. The number of aromatic amines is 1. The molecule has 0 amide bonds. The molecular weight excluding hydrogens is 179 g/mol. The van der Waals surface area contributed by atoms with Gasteiger partial charge >= 0.3 is 13.2 Å². The van der Waals surface area contributed by atoms with E-state index in [1.54, 1.807) is 6.20 Å². The van der Waals surface area contributed by atoms with E-state index >= 15 is 0 Å². The molecule has 0 aliphatic heterocycles. The van der Waals surface area contributed by atoms with Crippen molar-refractivity contribution in [2.45, 2.75) is 0 Å². The largest absolute Gasteiger partial charge is 0.673 e. The van der Waals surface area contributed by atoms with Crippen molar-refractivity contribution in [3.8, 4) is 0 Å². The number of nitrogens with zero attached hydrogens (tertiary/aromatic N) is 3. The molecule has 0 atom stereocenters. The smallest absolute Gasteiger partial charge is 0.418 e. The lowest BCUT2D eigenvalue weighted by Crippen LogP contribution is -2.02. The molecule has 0 saturated carbocycles. The molecule has 0 aromatic carbocycles. The van der Waals surface area contributed by atoms with Gasteiger partial charge in [0.25, 0.3) is 0 Å². The number of hydrogen-bond acceptors (Lipinski definition) is 2. The average molecular weight is 182 g/mol. The molecule has 0 aliphatic carbocycles. The number of aromatic nitrogens is 2. The predicted octanol–water partition coefficient (Wildman–Crippen LogP) is 2.19. The SMILES string of the molecule is F[B-](F)(F)F.N#[N+]c1ncc[nH]1. The van der Waals surface area contributed by atoms with Gasteiger partial charge < -0.3 is 17.3 Å². The van der Waals surface area contributed by atoms with Crippen LogP contribution in [-0.2, 0) is 0 Å². The molecule has 1 N–H and O–H groups in total. The van der Waals surface area contributed by atoms with Crippen LogP contribution in [-0.4, -0.2) is 17.2 Å². The van der Waals surface area contributed by atoms with E-state index in [-0.39, 0.29) is 5.95 Å². The predicted molar refractivity (Wildman–Crippen MR) is 33.5 cm³/mol. The van der Waals surface area contributed by atoms with Gasteiger partial charge in [-0.2, -0.15) is 0 Å². The van der Waals surface area contributed by atoms with Gasteiger partial charge in [0, 0.05) is 0 Å². The third-order valence-corrected chi connectivity index (χ3v) is 0.579. The maximum Gasteiger partial charge on any atom is 0.673 e. The van der Waals surface area contributed by atoms with Gasteiger partial charge in [-0.15, -0.1) is 0 Å². The molecule has 66 valence electrons. The first-order chi connectivity index (χ1) is 5.43. The average Bonchev–Trinajstić information content (AvgIpc) is 2.33. The molecule has 1 aromatic rings. The Morgan fingerprint density at radius 3 is 2.08 bits per heavy atom. The van der Waals surface area contributed by atoms with Crippen LogP contribution in [0.15, 0.2) is 12.4 Å². The molecule has 0 bridgehead atoms. The minimum atomic E-state index is -6.00. The summed E-state index contributed by atoms with van der Waals surface area (Å²) in [7, 11) is -6.00. The van der Waals surface area contributed by atoms with E-state index in [4.69, 9.17) is 5.39 Å². The summed E-state index contributed by atoms with van der Waals surface area (Å²) in [4.78, 5) is 8.89. The van der Waals surface area contributed by atoms with E-state index in [1.807, 2.05) is 0 Å². The maximum absolute atomic E-state index is 9.75. The van der Waals surface area contributed by atoms with Crippen LogP contribution in [0.1, 0.15) is 0 Å². The fraction of sp³-hybridized carbons (Fsp3) is 0. The quantitative estimate of drug-likeness (QED) is 0.379. The zero-order valence-corrected chi connectivity index (χ0v) is 5.59. The lowest BCUT2D eigenvalue weighted by Gasteiger charge is -1.94. The van der Waals surface area contributed by atoms with E-state index in [0.29, 0.717) is 0 Å². The lowest BCUT2D eigenvalue weighted by atomic mass is 10.3. The molecule has 0 fully saturated rings. The Bertz CT molecular complexity index is 242. The van der Waals surface area contributed by atoms with Gasteiger partial charge in [0.05, 0.1) is 11.6 Å². The van der Waals surface area contributed by atoms with Gasteiger partial charge in [-0.1, -0.05) is 4.98 Å². The highest BCUT2D eigenvalue weighted by atomic mass is 19.5. The Kier molecular flexibility index (Phi) is 3.75. The Morgan fingerprint density at radius 2 is 1.92 bits per heavy atom. The number of halogens is 4. The summed E-state index contributed by atoms with van der Waals surface area (Å²) in [5.74, 6) is 0.236. The first-order valence-electron chi connectivity index (χ1n) is 2.65.